The molecule has 0 radical (unpaired) electrons. The third-order valence-electron chi connectivity index (χ3n) is 10.5. The summed E-state index contributed by atoms with van der Waals surface area (Å²) in [4.78, 5) is 63.0. The molecule has 4 N–H and O–H groups in total. The SMILES string of the molecule is COC(=O)N[C@H](C(=O)NN(Cc1ccc(OC)cc1)C[C@H](O)[C@H](Cc1ccccc1)NC(=O)[C@@H](N1CCN(Cc2nc(C)n3ccccc23)C1=O)C(C)(C)C)C(C)(C)C. The van der Waals surface area contributed by atoms with Gasteiger partial charge in [0.1, 0.15) is 23.7 Å². The number of carbonyl (C=O) groups excluding carboxylic acids is 4. The maximum atomic E-state index is 14.6. The number of aliphatic hydroxyl groups excluding tert-OH is 1. The number of nitrogens with one attached hydrogen (secondary N) is 3. The second kappa shape index (κ2) is 18.9. The van der Waals surface area contributed by atoms with Gasteiger partial charge in [-0.05, 0) is 59.6 Å². The van der Waals surface area contributed by atoms with Crippen molar-refractivity contribution in [2.75, 3.05) is 33.9 Å². The molecule has 3 heterocycles. The molecular weight excluding hydrogens is 753 g/mol. The normalized spacial score (nSPS) is 15.5. The molecule has 2 aromatic heterocycles. The number of hydrogen-bond acceptors (Lipinski definition) is 9. The fourth-order valence-corrected chi connectivity index (χ4v) is 7.49. The minimum absolute atomic E-state index is 0.112. The van der Waals surface area contributed by atoms with Crippen LogP contribution < -0.4 is 20.8 Å². The zero-order chi connectivity index (χ0) is 43.1. The molecule has 59 heavy (non-hydrogen) atoms. The standard InChI is InChI=1S/C44H60N8O7/c1-29-45-34(35-17-13-14-22-51(29)35)27-49-23-24-52(42(49)57)38(44(5,6)7)40(55)46-33(25-30-15-11-10-12-16-30)36(53)28-50(26-31-18-20-32(58-8)21-19-31)48-39(54)37(43(2,3)4)47-41(56)59-9/h10-22,33,36-38,53H,23-28H2,1-9H3,(H,46,55)(H,47,56)(H,48,54)/t33-,36-,37+,38+/m0/s1. The lowest BCUT2D eigenvalue weighted by atomic mass is 9.84. The van der Waals surface area contributed by atoms with Gasteiger partial charge in [0.2, 0.25) is 5.91 Å². The molecular formula is C44H60N8O7. The van der Waals surface area contributed by atoms with Gasteiger partial charge < -0.3 is 39.4 Å². The zero-order valence-electron chi connectivity index (χ0n) is 35.7. The number of amides is 5. The van der Waals surface area contributed by atoms with Gasteiger partial charge in [0.15, 0.2) is 0 Å². The van der Waals surface area contributed by atoms with E-state index in [9.17, 15) is 24.3 Å². The number of imidazole rings is 1. The van der Waals surface area contributed by atoms with Gasteiger partial charge >= 0.3 is 12.1 Å². The lowest BCUT2D eigenvalue weighted by Crippen LogP contribution is -2.61. The van der Waals surface area contributed by atoms with Gasteiger partial charge in [-0.2, -0.15) is 0 Å². The number of benzene rings is 2. The number of methoxy groups -OCH3 is 2. The molecule has 15 nitrogen and oxygen atoms in total. The molecule has 318 valence electrons. The first-order chi connectivity index (χ1) is 27.9. The Morgan fingerprint density at radius 3 is 2.17 bits per heavy atom. The molecule has 1 aliphatic rings. The topological polar surface area (TPSA) is 170 Å². The third kappa shape index (κ3) is 11.3. The lowest BCUT2D eigenvalue weighted by molar-refractivity contribution is -0.133. The number of aryl methyl sites for hydroxylation is 1. The number of urea groups is 1. The van der Waals surface area contributed by atoms with Gasteiger partial charge in [-0.25, -0.2) is 19.6 Å². The predicted molar refractivity (Wildman–Crippen MR) is 224 cm³/mol. The summed E-state index contributed by atoms with van der Waals surface area (Å²) in [5.74, 6) is 0.555. The highest BCUT2D eigenvalue weighted by Crippen LogP contribution is 2.30. The van der Waals surface area contributed by atoms with E-state index >= 15 is 0 Å². The van der Waals surface area contributed by atoms with Gasteiger partial charge in [-0.3, -0.25) is 15.0 Å². The highest BCUT2D eigenvalue weighted by atomic mass is 16.5. The lowest BCUT2D eigenvalue weighted by Gasteiger charge is -2.38. The van der Waals surface area contributed by atoms with Crippen LogP contribution in [0, 0.1) is 17.8 Å². The number of alkyl carbamates (subject to hydrolysis) is 1. The van der Waals surface area contributed by atoms with Crippen LogP contribution in [0.5, 0.6) is 5.75 Å². The Morgan fingerprint density at radius 1 is 0.864 bits per heavy atom. The van der Waals surface area contributed by atoms with E-state index in [1.807, 2.05) is 120 Å². The first kappa shape index (κ1) is 44.4. The van der Waals surface area contributed by atoms with Crippen molar-refractivity contribution in [2.24, 2.45) is 10.8 Å². The minimum atomic E-state index is -1.22. The fourth-order valence-electron chi connectivity index (χ4n) is 7.49. The van der Waals surface area contributed by atoms with E-state index in [0.29, 0.717) is 25.4 Å². The molecule has 15 heteroatoms. The molecule has 5 rings (SSSR count). The van der Waals surface area contributed by atoms with Crippen LogP contribution in [0.1, 0.15) is 64.2 Å². The molecule has 0 saturated carbocycles. The van der Waals surface area contributed by atoms with E-state index in [1.54, 1.807) is 34.1 Å². The predicted octanol–water partition coefficient (Wildman–Crippen LogP) is 4.70. The number of hydrazine groups is 1. The van der Waals surface area contributed by atoms with Gasteiger partial charge in [0.25, 0.3) is 5.91 Å². The molecule has 0 bridgehead atoms. The monoisotopic (exact) mass is 812 g/mol. The number of nitrogens with zero attached hydrogens (tertiary/aromatic N) is 5. The van der Waals surface area contributed by atoms with Crippen LogP contribution in [0.3, 0.4) is 0 Å². The fraction of sp³-hybridized carbons (Fsp3) is 0.477. The highest BCUT2D eigenvalue weighted by Gasteiger charge is 2.45. The Kier molecular flexibility index (Phi) is 14.3. The van der Waals surface area contributed by atoms with E-state index < -0.39 is 53.0 Å². The van der Waals surface area contributed by atoms with Gasteiger partial charge in [-0.15, -0.1) is 0 Å². The summed E-state index contributed by atoms with van der Waals surface area (Å²) < 4.78 is 12.1. The molecule has 5 amide bonds. The number of ether oxygens (including phenoxy) is 2. The Bertz CT molecular complexity index is 2060. The number of pyridine rings is 1. The Balaban J connectivity index is 1.40. The summed E-state index contributed by atoms with van der Waals surface area (Å²) in [5.41, 5.74) is 4.91. The Hall–Kier alpha value is -5.67. The van der Waals surface area contributed by atoms with Crippen molar-refractivity contribution in [2.45, 2.75) is 92.2 Å². The van der Waals surface area contributed by atoms with Crippen molar-refractivity contribution < 1.29 is 33.8 Å². The van der Waals surface area contributed by atoms with Gasteiger partial charge in [0, 0.05) is 32.4 Å². The van der Waals surface area contributed by atoms with E-state index in [1.165, 1.54) is 7.11 Å². The van der Waals surface area contributed by atoms with Crippen molar-refractivity contribution >= 4 is 29.5 Å². The molecule has 1 fully saturated rings. The average molecular weight is 813 g/mol. The molecule has 0 aliphatic carbocycles. The van der Waals surface area contributed by atoms with Crippen LogP contribution in [0.25, 0.3) is 5.52 Å². The van der Waals surface area contributed by atoms with Crippen LogP contribution >= 0.6 is 0 Å². The highest BCUT2D eigenvalue weighted by molar-refractivity contribution is 5.89. The smallest absolute Gasteiger partial charge is 0.407 e. The van der Waals surface area contributed by atoms with Gasteiger partial charge in [-0.1, -0.05) is 90.1 Å². The summed E-state index contributed by atoms with van der Waals surface area (Å²) in [6.07, 6.45) is 0.224. The van der Waals surface area contributed by atoms with Crippen LogP contribution in [-0.4, -0.2) is 111 Å². The van der Waals surface area contributed by atoms with Gasteiger partial charge in [0.05, 0.1) is 44.1 Å². The first-order valence-electron chi connectivity index (χ1n) is 19.9. The number of aliphatic hydroxyl groups is 1. The van der Waals surface area contributed by atoms with Crippen molar-refractivity contribution in [3.8, 4) is 5.75 Å². The number of hydrogen-bond donors (Lipinski definition) is 4. The maximum absolute atomic E-state index is 14.6. The molecule has 4 atom stereocenters. The number of fused-ring (bicyclic) bond motifs is 1. The summed E-state index contributed by atoms with van der Waals surface area (Å²) in [6, 6.07) is 19.7. The average Bonchev–Trinajstić information content (AvgIpc) is 3.70. The summed E-state index contributed by atoms with van der Waals surface area (Å²) in [6.45, 7) is 14.2. The number of aromatic nitrogens is 2. The quantitative estimate of drug-likeness (QED) is 0.117. The van der Waals surface area contributed by atoms with E-state index in [-0.39, 0.29) is 25.5 Å². The molecule has 0 unspecified atom stereocenters. The molecule has 4 aromatic rings. The number of rotatable bonds is 16. The van der Waals surface area contributed by atoms with Crippen molar-refractivity contribution in [3.05, 3.63) is 102 Å². The largest absolute Gasteiger partial charge is 0.497 e. The van der Waals surface area contributed by atoms with Crippen LogP contribution in [0.15, 0.2) is 79.0 Å². The van der Waals surface area contributed by atoms with E-state index in [0.717, 1.165) is 28.2 Å². The van der Waals surface area contributed by atoms with Crippen molar-refractivity contribution in [3.63, 3.8) is 0 Å². The van der Waals surface area contributed by atoms with Crippen molar-refractivity contribution in [1.82, 2.24) is 40.3 Å². The summed E-state index contributed by atoms with van der Waals surface area (Å²) >= 11 is 0. The first-order valence-corrected chi connectivity index (χ1v) is 19.9. The summed E-state index contributed by atoms with van der Waals surface area (Å²) in [5, 5.41) is 19.5. The second-order valence-corrected chi connectivity index (χ2v) is 17.2. The maximum Gasteiger partial charge on any atom is 0.407 e. The minimum Gasteiger partial charge on any atom is -0.497 e. The van der Waals surface area contributed by atoms with Crippen molar-refractivity contribution in [1.29, 1.82) is 0 Å². The summed E-state index contributed by atoms with van der Waals surface area (Å²) in [7, 11) is 2.80. The van der Waals surface area contributed by atoms with Crippen LogP contribution in [0.2, 0.25) is 0 Å². The molecule has 1 saturated heterocycles. The Morgan fingerprint density at radius 2 is 1.54 bits per heavy atom. The van der Waals surface area contributed by atoms with E-state index in [4.69, 9.17) is 14.5 Å². The zero-order valence-corrected chi connectivity index (χ0v) is 35.7. The second-order valence-electron chi connectivity index (χ2n) is 17.2. The molecule has 2 aromatic carbocycles. The van der Waals surface area contributed by atoms with E-state index in [2.05, 4.69) is 16.1 Å². The Labute approximate surface area is 347 Å². The third-order valence-corrected chi connectivity index (χ3v) is 10.5. The molecule has 1 aliphatic heterocycles. The molecule has 0 spiro atoms. The van der Waals surface area contributed by atoms with Crippen LogP contribution in [-0.2, 0) is 33.8 Å². The number of carbonyl (C=O) groups is 4. The van der Waals surface area contributed by atoms with Crippen LogP contribution in [0.4, 0.5) is 9.59 Å².